The number of amides is 1. The summed E-state index contributed by atoms with van der Waals surface area (Å²) >= 11 is 0. The summed E-state index contributed by atoms with van der Waals surface area (Å²) in [5.74, 6) is 2.95. The van der Waals surface area contributed by atoms with E-state index in [1.807, 2.05) is 0 Å². The number of hydrogen-bond donors (Lipinski definition) is 1. The van der Waals surface area contributed by atoms with E-state index in [1.165, 1.54) is 12.8 Å². The minimum Gasteiger partial charge on any atom is -0.353 e. The number of hydrogen-bond acceptors (Lipinski definition) is 1. The molecule has 2 heteroatoms. The van der Waals surface area contributed by atoms with Crippen molar-refractivity contribution in [3.63, 3.8) is 0 Å². The van der Waals surface area contributed by atoms with Gasteiger partial charge in [-0.05, 0) is 56.3 Å². The maximum Gasteiger partial charge on any atom is 0.207 e. The molecular formula is C16H27NO. The zero-order valence-electron chi connectivity index (χ0n) is 12.2. The Labute approximate surface area is 111 Å². The summed E-state index contributed by atoms with van der Waals surface area (Å²) in [6.07, 6.45) is 8.08. The van der Waals surface area contributed by atoms with Gasteiger partial charge in [-0.15, -0.1) is 0 Å². The molecule has 0 spiro atoms. The van der Waals surface area contributed by atoms with Crippen LogP contribution in [-0.4, -0.2) is 11.9 Å². The molecular weight excluding hydrogens is 222 g/mol. The maximum absolute atomic E-state index is 10.8. The van der Waals surface area contributed by atoms with E-state index in [0.717, 1.165) is 37.0 Å². The predicted octanol–water partition coefficient (Wildman–Crippen LogP) is 3.53. The fraction of sp³-hybridized carbons (Fsp3) is 0.812. The van der Waals surface area contributed by atoms with Gasteiger partial charge in [0, 0.05) is 5.54 Å². The Bertz CT molecular complexity index is 347. The van der Waals surface area contributed by atoms with Gasteiger partial charge in [0.25, 0.3) is 0 Å². The summed E-state index contributed by atoms with van der Waals surface area (Å²) in [6.45, 7) is 9.24. The van der Waals surface area contributed by atoms with Crippen molar-refractivity contribution in [1.29, 1.82) is 0 Å². The van der Waals surface area contributed by atoms with Crippen LogP contribution in [0.2, 0.25) is 0 Å². The van der Waals surface area contributed by atoms with Gasteiger partial charge < -0.3 is 5.32 Å². The predicted molar refractivity (Wildman–Crippen MR) is 75.1 cm³/mol. The third kappa shape index (κ3) is 2.48. The van der Waals surface area contributed by atoms with E-state index < -0.39 is 0 Å². The molecule has 0 aromatic carbocycles. The van der Waals surface area contributed by atoms with Crippen LogP contribution in [0.25, 0.3) is 0 Å². The van der Waals surface area contributed by atoms with Crippen LogP contribution in [0.4, 0.5) is 0 Å². The van der Waals surface area contributed by atoms with E-state index >= 15 is 0 Å². The second kappa shape index (κ2) is 5.07. The smallest absolute Gasteiger partial charge is 0.207 e. The standard InChI is InChI=1S/C16H27NO/c1-11(2)13-6-5-12(3)14-7-8-16(4,17-10-18)9-15(13)14/h7,10-13,15H,5-6,8-9H2,1-4H3,(H,17,18)/t12-,13-,15-,16+/m1/s1. The highest BCUT2D eigenvalue weighted by Gasteiger charge is 2.41. The van der Waals surface area contributed by atoms with Crippen molar-refractivity contribution in [1.82, 2.24) is 5.32 Å². The van der Waals surface area contributed by atoms with E-state index in [1.54, 1.807) is 5.57 Å². The topological polar surface area (TPSA) is 29.1 Å². The molecule has 1 amide bonds. The van der Waals surface area contributed by atoms with Gasteiger partial charge in [0.05, 0.1) is 0 Å². The van der Waals surface area contributed by atoms with Gasteiger partial charge in [0.1, 0.15) is 0 Å². The van der Waals surface area contributed by atoms with E-state index in [4.69, 9.17) is 0 Å². The van der Waals surface area contributed by atoms with Gasteiger partial charge in [-0.25, -0.2) is 0 Å². The largest absolute Gasteiger partial charge is 0.353 e. The van der Waals surface area contributed by atoms with E-state index in [-0.39, 0.29) is 5.54 Å². The third-order valence-corrected chi connectivity index (χ3v) is 5.17. The average Bonchev–Trinajstić information content (AvgIpc) is 2.28. The lowest BCUT2D eigenvalue weighted by molar-refractivity contribution is -0.111. The highest BCUT2D eigenvalue weighted by molar-refractivity contribution is 5.48. The molecule has 0 saturated heterocycles. The maximum atomic E-state index is 10.8. The van der Waals surface area contributed by atoms with Crippen molar-refractivity contribution in [2.75, 3.05) is 0 Å². The molecule has 0 aromatic heterocycles. The van der Waals surface area contributed by atoms with Gasteiger partial charge in [-0.1, -0.05) is 32.4 Å². The molecule has 0 bridgehead atoms. The van der Waals surface area contributed by atoms with Crippen LogP contribution in [0.15, 0.2) is 11.6 Å². The normalized spacial score (nSPS) is 40.1. The molecule has 2 aliphatic carbocycles. The minimum absolute atomic E-state index is 0.0277. The zero-order valence-corrected chi connectivity index (χ0v) is 12.2. The highest BCUT2D eigenvalue weighted by Crippen LogP contribution is 2.48. The molecule has 102 valence electrons. The Morgan fingerprint density at radius 1 is 1.44 bits per heavy atom. The number of rotatable bonds is 3. The minimum atomic E-state index is -0.0277. The second-order valence-electron chi connectivity index (χ2n) is 6.93. The van der Waals surface area contributed by atoms with Crippen molar-refractivity contribution in [3.8, 4) is 0 Å². The van der Waals surface area contributed by atoms with Gasteiger partial charge >= 0.3 is 0 Å². The van der Waals surface area contributed by atoms with Crippen LogP contribution in [0, 0.1) is 23.7 Å². The molecule has 0 heterocycles. The molecule has 2 aliphatic rings. The molecule has 2 rings (SSSR count). The lowest BCUT2D eigenvalue weighted by Crippen LogP contribution is -2.48. The van der Waals surface area contributed by atoms with E-state index in [0.29, 0.717) is 5.92 Å². The van der Waals surface area contributed by atoms with Crippen molar-refractivity contribution >= 4 is 6.41 Å². The zero-order chi connectivity index (χ0) is 13.3. The molecule has 2 nitrogen and oxygen atoms in total. The SMILES string of the molecule is CC(C)[C@H]1CC[C@@H](C)C2=CC[C@](C)(NC=O)C[C@@H]21. The molecule has 18 heavy (non-hydrogen) atoms. The summed E-state index contributed by atoms with van der Waals surface area (Å²) in [7, 11) is 0. The Balaban J connectivity index is 2.24. The summed E-state index contributed by atoms with van der Waals surface area (Å²) in [5, 5.41) is 3.04. The molecule has 1 fully saturated rings. The highest BCUT2D eigenvalue weighted by atomic mass is 16.1. The number of fused-ring (bicyclic) bond motifs is 1. The van der Waals surface area contributed by atoms with E-state index in [2.05, 4.69) is 39.1 Å². The lowest BCUT2D eigenvalue weighted by atomic mass is 9.61. The molecule has 1 saturated carbocycles. The van der Waals surface area contributed by atoms with Crippen LogP contribution >= 0.6 is 0 Å². The first-order valence-corrected chi connectivity index (χ1v) is 7.38. The number of allylic oxidation sites excluding steroid dienone is 1. The van der Waals surface area contributed by atoms with Gasteiger partial charge in [0.15, 0.2) is 0 Å². The van der Waals surface area contributed by atoms with Crippen LogP contribution in [0.1, 0.15) is 53.4 Å². The first kappa shape index (κ1) is 13.6. The van der Waals surface area contributed by atoms with Gasteiger partial charge in [-0.2, -0.15) is 0 Å². The average molecular weight is 249 g/mol. The Hall–Kier alpha value is -0.790. The number of carbonyl (C=O) groups is 1. The number of carbonyl (C=O) groups excluding carboxylic acids is 1. The molecule has 4 atom stereocenters. The summed E-state index contributed by atoms with van der Waals surface area (Å²) in [4.78, 5) is 10.8. The molecule has 0 aliphatic heterocycles. The third-order valence-electron chi connectivity index (χ3n) is 5.17. The number of nitrogens with one attached hydrogen (secondary N) is 1. The van der Waals surface area contributed by atoms with E-state index in [9.17, 15) is 4.79 Å². The van der Waals surface area contributed by atoms with Crippen LogP contribution in [-0.2, 0) is 4.79 Å². The lowest BCUT2D eigenvalue weighted by Gasteiger charge is -2.47. The van der Waals surface area contributed by atoms with Crippen LogP contribution in [0.5, 0.6) is 0 Å². The van der Waals surface area contributed by atoms with Crippen LogP contribution in [0.3, 0.4) is 0 Å². The Morgan fingerprint density at radius 3 is 2.78 bits per heavy atom. The summed E-state index contributed by atoms with van der Waals surface area (Å²) in [5.41, 5.74) is 1.64. The molecule has 0 unspecified atom stereocenters. The van der Waals surface area contributed by atoms with Crippen molar-refractivity contribution in [3.05, 3.63) is 11.6 Å². The van der Waals surface area contributed by atoms with Gasteiger partial charge in [-0.3, -0.25) is 4.79 Å². The molecule has 0 aromatic rings. The Kier molecular flexibility index (Phi) is 3.84. The Morgan fingerprint density at radius 2 is 2.17 bits per heavy atom. The summed E-state index contributed by atoms with van der Waals surface area (Å²) < 4.78 is 0. The first-order valence-electron chi connectivity index (χ1n) is 7.38. The van der Waals surface area contributed by atoms with Gasteiger partial charge in [0.2, 0.25) is 6.41 Å². The first-order chi connectivity index (χ1) is 8.47. The fourth-order valence-electron chi connectivity index (χ4n) is 4.01. The molecule has 1 N–H and O–H groups in total. The van der Waals surface area contributed by atoms with Crippen molar-refractivity contribution in [2.45, 2.75) is 58.9 Å². The van der Waals surface area contributed by atoms with Crippen molar-refractivity contribution in [2.24, 2.45) is 23.7 Å². The van der Waals surface area contributed by atoms with Crippen molar-refractivity contribution < 1.29 is 4.79 Å². The monoisotopic (exact) mass is 249 g/mol. The fourth-order valence-corrected chi connectivity index (χ4v) is 4.01. The second-order valence-corrected chi connectivity index (χ2v) is 6.93. The molecule has 0 radical (unpaired) electrons. The van der Waals surface area contributed by atoms with Crippen LogP contribution < -0.4 is 5.32 Å². The summed E-state index contributed by atoms with van der Waals surface area (Å²) in [6, 6.07) is 0. The quantitative estimate of drug-likeness (QED) is 0.601.